The summed E-state index contributed by atoms with van der Waals surface area (Å²) < 4.78 is 36.1. The highest BCUT2D eigenvalue weighted by molar-refractivity contribution is 7.90. The summed E-state index contributed by atoms with van der Waals surface area (Å²) in [5.74, 6) is -0.346. The van der Waals surface area contributed by atoms with Crippen molar-refractivity contribution in [2.45, 2.75) is 62.2 Å². The van der Waals surface area contributed by atoms with Gasteiger partial charge in [-0.3, -0.25) is 9.59 Å². The van der Waals surface area contributed by atoms with E-state index in [1.807, 2.05) is 12.1 Å². The number of amides is 2. The highest BCUT2D eigenvalue weighted by Crippen LogP contribution is 2.47. The number of hydrogen-bond acceptors (Lipinski definition) is 7. The monoisotopic (exact) mass is 653 g/mol. The number of hydrogen-bond donors (Lipinski definition) is 2. The van der Waals surface area contributed by atoms with E-state index >= 15 is 0 Å². The van der Waals surface area contributed by atoms with Crippen LogP contribution in [0.5, 0.6) is 5.75 Å². The summed E-state index contributed by atoms with van der Waals surface area (Å²) in [6, 6.07) is 11.3. The summed E-state index contributed by atoms with van der Waals surface area (Å²) in [6.45, 7) is 3.54. The average molecular weight is 654 g/mol. The van der Waals surface area contributed by atoms with Crippen molar-refractivity contribution in [1.82, 2.24) is 9.62 Å². The van der Waals surface area contributed by atoms with Crippen molar-refractivity contribution in [2.24, 2.45) is 17.8 Å². The lowest BCUT2D eigenvalue weighted by molar-refractivity contribution is -0.127. The van der Waals surface area contributed by atoms with Crippen LogP contribution >= 0.6 is 11.6 Å². The van der Waals surface area contributed by atoms with Crippen LogP contribution in [0.1, 0.15) is 60.5 Å². The number of carbonyl (C=O) groups excluding carboxylic acids is 2. The lowest BCUT2D eigenvalue weighted by Crippen LogP contribution is -2.49. The maximum Gasteiger partial charge on any atom is 0.264 e. The molecule has 11 heteroatoms. The molecule has 3 aliphatic heterocycles. The molecule has 2 aromatic rings. The molecule has 1 saturated carbocycles. The van der Waals surface area contributed by atoms with Gasteiger partial charge in [-0.05, 0) is 91.8 Å². The average Bonchev–Trinajstić information content (AvgIpc) is 3.36. The Hall–Kier alpha value is -3.08. The first-order valence-electron chi connectivity index (χ1n) is 16.0. The molecular weight excluding hydrogens is 614 g/mol. The van der Waals surface area contributed by atoms with Crippen molar-refractivity contribution in [2.75, 3.05) is 37.7 Å². The number of anilines is 1. The van der Waals surface area contributed by atoms with Crippen LogP contribution < -0.4 is 14.4 Å². The van der Waals surface area contributed by atoms with E-state index < -0.39 is 33.2 Å². The van der Waals surface area contributed by atoms with Gasteiger partial charge in [-0.15, -0.1) is 0 Å². The van der Waals surface area contributed by atoms with Gasteiger partial charge in [0.25, 0.3) is 5.91 Å². The fourth-order valence-corrected chi connectivity index (χ4v) is 10.1. The first-order chi connectivity index (χ1) is 21.5. The first kappa shape index (κ1) is 30.6. The molecule has 1 saturated heterocycles. The standard InChI is InChI=1S/C34H40ClN3O6S/c1-21(39)37-17-25-4-2-6-30(40)27-10-7-24(27)16-38-19-34(13-3-5-22-14-26(35)9-11-28(22)34)20-44-31-12-8-23(15-29(31)38)33(41)36-45(42,43)32(25)18-37/h2,6,8-9,11-12,14-15,24-25,27,30,32,40H,3-5,7,10,13,16-20H2,1H3,(H,36,41)/b6-2+/t24-,25+,27+,30-,32+,34-/m0/s1. The second kappa shape index (κ2) is 11.6. The third-order valence-corrected chi connectivity index (χ3v) is 12.9. The van der Waals surface area contributed by atoms with Crippen LogP contribution in [0, 0.1) is 17.8 Å². The number of nitrogens with zero attached hydrogens (tertiary/aromatic N) is 2. The zero-order valence-electron chi connectivity index (χ0n) is 25.5. The molecule has 9 nitrogen and oxygen atoms in total. The number of aryl methyl sites for hydroxylation is 1. The van der Waals surface area contributed by atoms with Crippen molar-refractivity contribution < 1.29 is 27.9 Å². The Kier molecular flexibility index (Phi) is 7.89. The van der Waals surface area contributed by atoms with E-state index in [1.165, 1.54) is 23.0 Å². The molecule has 0 unspecified atom stereocenters. The number of rotatable bonds is 0. The predicted molar refractivity (Wildman–Crippen MR) is 172 cm³/mol. The Morgan fingerprint density at radius 2 is 1.96 bits per heavy atom. The van der Waals surface area contributed by atoms with Gasteiger partial charge >= 0.3 is 0 Å². The van der Waals surface area contributed by atoms with Crippen molar-refractivity contribution >= 4 is 39.1 Å². The Morgan fingerprint density at radius 3 is 2.73 bits per heavy atom. The summed E-state index contributed by atoms with van der Waals surface area (Å²) in [5, 5.41) is 11.0. The number of fused-ring (bicyclic) bond motifs is 5. The van der Waals surface area contributed by atoms with Crippen LogP contribution in [0.4, 0.5) is 5.69 Å². The number of aliphatic hydroxyl groups is 1. The second-order valence-electron chi connectivity index (χ2n) is 13.6. The third-order valence-electron chi connectivity index (χ3n) is 10.9. The molecule has 3 heterocycles. The molecule has 2 fully saturated rings. The highest BCUT2D eigenvalue weighted by atomic mass is 35.5. The maximum atomic E-state index is 13.6. The molecule has 0 aromatic heterocycles. The van der Waals surface area contributed by atoms with Gasteiger partial charge in [0.15, 0.2) is 0 Å². The Morgan fingerprint density at radius 1 is 1.11 bits per heavy atom. The molecule has 2 N–H and O–H groups in total. The molecule has 2 aliphatic carbocycles. The molecule has 240 valence electrons. The van der Waals surface area contributed by atoms with Crippen LogP contribution in [0.15, 0.2) is 48.6 Å². The maximum absolute atomic E-state index is 13.6. The summed E-state index contributed by atoms with van der Waals surface area (Å²) in [5.41, 5.74) is 3.16. The van der Waals surface area contributed by atoms with Crippen LogP contribution in [0.3, 0.4) is 0 Å². The zero-order chi connectivity index (χ0) is 31.5. The van der Waals surface area contributed by atoms with Gasteiger partial charge in [-0.25, -0.2) is 13.1 Å². The van der Waals surface area contributed by atoms with Gasteiger partial charge in [0.2, 0.25) is 15.9 Å². The van der Waals surface area contributed by atoms with Gasteiger partial charge < -0.3 is 19.6 Å². The Bertz CT molecular complexity index is 1660. The summed E-state index contributed by atoms with van der Waals surface area (Å²) in [6.07, 6.45) is 8.16. The minimum atomic E-state index is -4.12. The number of nitrogens with one attached hydrogen (secondary N) is 1. The van der Waals surface area contributed by atoms with Crippen LogP contribution in [-0.2, 0) is 26.7 Å². The SMILES string of the molecule is CC(=O)N1C[C@H]2C/C=C/[C@H](O)[C@@H]3CC[C@H]3CN3C[C@@]4(CCCc5cc(Cl)ccc54)COc4ccc(cc43)C(=O)NS(=O)(=O)[C@@H]2C1. The summed E-state index contributed by atoms with van der Waals surface area (Å²) in [7, 11) is -4.12. The lowest BCUT2D eigenvalue weighted by Gasteiger charge is -2.45. The lowest BCUT2D eigenvalue weighted by atomic mass is 9.68. The number of likely N-dealkylation sites (tertiary alicyclic amines) is 1. The summed E-state index contributed by atoms with van der Waals surface area (Å²) in [4.78, 5) is 29.6. The fourth-order valence-electron chi connectivity index (χ4n) is 8.29. The van der Waals surface area contributed by atoms with Crippen molar-refractivity contribution in [3.8, 4) is 5.75 Å². The quantitative estimate of drug-likeness (QED) is 0.412. The topological polar surface area (TPSA) is 116 Å². The number of ether oxygens (including phenoxy) is 1. The molecule has 1 spiro atoms. The molecule has 2 aromatic carbocycles. The second-order valence-corrected chi connectivity index (χ2v) is 16.0. The molecule has 6 atom stereocenters. The van der Waals surface area contributed by atoms with Crippen LogP contribution in [0.25, 0.3) is 0 Å². The van der Waals surface area contributed by atoms with Crippen molar-refractivity contribution in [1.29, 1.82) is 0 Å². The van der Waals surface area contributed by atoms with E-state index in [1.54, 1.807) is 24.3 Å². The van der Waals surface area contributed by atoms with Gasteiger partial charge in [0.1, 0.15) is 11.0 Å². The van der Waals surface area contributed by atoms with Crippen LogP contribution in [-0.4, -0.2) is 74.4 Å². The van der Waals surface area contributed by atoms with Crippen molar-refractivity contribution in [3.63, 3.8) is 0 Å². The van der Waals surface area contributed by atoms with E-state index in [0.29, 0.717) is 31.9 Å². The van der Waals surface area contributed by atoms with E-state index in [9.17, 15) is 23.1 Å². The van der Waals surface area contributed by atoms with Crippen LogP contribution in [0.2, 0.25) is 5.02 Å². The van der Waals surface area contributed by atoms with Crippen molar-refractivity contribution in [3.05, 3.63) is 70.3 Å². The van der Waals surface area contributed by atoms with Gasteiger partial charge in [-0.1, -0.05) is 29.8 Å². The molecule has 5 aliphatic rings. The molecule has 2 bridgehead atoms. The Labute approximate surface area is 269 Å². The molecule has 7 rings (SSSR count). The van der Waals surface area contributed by atoms with E-state index in [-0.39, 0.29) is 41.8 Å². The zero-order valence-corrected chi connectivity index (χ0v) is 27.0. The van der Waals surface area contributed by atoms with E-state index in [4.69, 9.17) is 16.3 Å². The number of aliphatic hydroxyl groups excluding tert-OH is 1. The largest absolute Gasteiger partial charge is 0.490 e. The third kappa shape index (κ3) is 5.63. The minimum absolute atomic E-state index is 0.0181. The molecule has 45 heavy (non-hydrogen) atoms. The number of sulfonamides is 1. The number of halogens is 1. The Balaban J connectivity index is 1.28. The van der Waals surface area contributed by atoms with Gasteiger partial charge in [0.05, 0.1) is 18.4 Å². The fraction of sp³-hybridized carbons (Fsp3) is 0.529. The molecular formula is C34H40ClN3O6S. The number of benzene rings is 2. The minimum Gasteiger partial charge on any atom is -0.490 e. The van der Waals surface area contributed by atoms with Gasteiger partial charge in [0, 0.05) is 55.0 Å². The number of allylic oxidation sites excluding steroid dienone is 1. The van der Waals surface area contributed by atoms with E-state index in [0.717, 1.165) is 42.8 Å². The first-order valence-corrected chi connectivity index (χ1v) is 17.9. The molecule has 2 amide bonds. The summed E-state index contributed by atoms with van der Waals surface area (Å²) >= 11 is 6.39. The number of carbonyl (C=O) groups is 2. The normalized spacial score (nSPS) is 33.0. The predicted octanol–water partition coefficient (Wildman–Crippen LogP) is 4.07. The molecule has 0 radical (unpaired) electrons. The van der Waals surface area contributed by atoms with Gasteiger partial charge in [-0.2, -0.15) is 0 Å². The highest BCUT2D eigenvalue weighted by Gasteiger charge is 2.45. The van der Waals surface area contributed by atoms with E-state index in [2.05, 4.69) is 21.8 Å². The smallest absolute Gasteiger partial charge is 0.264 e.